The molecule has 3 nitrogen and oxygen atoms in total. The largest absolute Gasteiger partial charge is 0.283 e. The van der Waals surface area contributed by atoms with Gasteiger partial charge in [0.05, 0.1) is 0 Å². The van der Waals surface area contributed by atoms with Crippen LogP contribution in [0.2, 0.25) is 5.15 Å². The van der Waals surface area contributed by atoms with Gasteiger partial charge in [0, 0.05) is 6.20 Å². The van der Waals surface area contributed by atoms with E-state index in [1.807, 2.05) is 6.07 Å². The predicted octanol–water partition coefficient (Wildman–Crippen LogP) is 0.935. The Morgan fingerprint density at radius 2 is 2.62 bits per heavy atom. The van der Waals surface area contributed by atoms with Crippen LogP contribution in [-0.2, 0) is 0 Å². The van der Waals surface area contributed by atoms with Gasteiger partial charge in [-0.05, 0) is 0 Å². The normalized spacial score (nSPS) is 8.50. The molecule has 0 aliphatic rings. The summed E-state index contributed by atoms with van der Waals surface area (Å²) in [7, 11) is 0. The summed E-state index contributed by atoms with van der Waals surface area (Å²) in [5, 5.41) is 14.4. The highest BCUT2D eigenvalue weighted by atomic mass is 35.5. The molecule has 4 heteroatoms. The molecule has 40 valence electrons. The lowest BCUT2D eigenvalue weighted by Gasteiger charge is -1.70. The zero-order valence-electron chi connectivity index (χ0n) is 3.85. The first-order valence-electron chi connectivity index (χ1n) is 1.94. The van der Waals surface area contributed by atoms with E-state index in [4.69, 9.17) is 16.9 Å². The molecule has 0 spiro atoms. The van der Waals surface area contributed by atoms with Crippen LogP contribution >= 0.6 is 11.6 Å². The lowest BCUT2D eigenvalue weighted by Crippen LogP contribution is -1.64. The summed E-state index contributed by atoms with van der Waals surface area (Å²) in [6.45, 7) is 0. The van der Waals surface area contributed by atoms with Crippen molar-refractivity contribution in [3.8, 4) is 6.07 Å². The molecule has 0 saturated carbocycles. The minimum atomic E-state index is 0.229. The van der Waals surface area contributed by atoms with E-state index >= 15 is 0 Å². The molecule has 1 aromatic rings. The van der Waals surface area contributed by atoms with Crippen LogP contribution < -0.4 is 0 Å². The fourth-order valence-corrected chi connectivity index (χ4v) is 0.497. The standard InChI is InChI=1S/C4H2ClN3/c5-4-3(1-6)2-7-8-4/h2H,(H,7,8). The summed E-state index contributed by atoms with van der Waals surface area (Å²) in [5.41, 5.74) is 0.381. The molecule has 1 N–H and O–H groups in total. The van der Waals surface area contributed by atoms with Crippen molar-refractivity contribution in [1.82, 2.24) is 10.2 Å². The van der Waals surface area contributed by atoms with Crippen LogP contribution in [0.25, 0.3) is 0 Å². The van der Waals surface area contributed by atoms with Crippen molar-refractivity contribution in [1.29, 1.82) is 5.26 Å². The summed E-state index contributed by atoms with van der Waals surface area (Å²) < 4.78 is 0. The Hall–Kier alpha value is -1.01. The molecule has 1 rings (SSSR count). The predicted molar refractivity (Wildman–Crippen MR) is 28.3 cm³/mol. The van der Waals surface area contributed by atoms with Gasteiger partial charge in [-0.15, -0.1) is 0 Å². The quantitative estimate of drug-likeness (QED) is 0.564. The molecular weight excluding hydrogens is 126 g/mol. The highest BCUT2D eigenvalue weighted by Gasteiger charge is 1.97. The third-order valence-electron chi connectivity index (χ3n) is 0.714. The van der Waals surface area contributed by atoms with Crippen LogP contribution in [0.4, 0.5) is 0 Å². The number of rotatable bonds is 0. The van der Waals surface area contributed by atoms with Crippen LogP contribution in [0.15, 0.2) is 6.20 Å². The van der Waals surface area contributed by atoms with E-state index in [1.165, 1.54) is 6.20 Å². The molecule has 1 heterocycles. The van der Waals surface area contributed by atoms with E-state index in [-0.39, 0.29) is 5.15 Å². The van der Waals surface area contributed by atoms with Gasteiger partial charge < -0.3 is 0 Å². The molecule has 0 saturated heterocycles. The highest BCUT2D eigenvalue weighted by Crippen LogP contribution is 2.07. The Balaban J connectivity index is 3.15. The maximum Gasteiger partial charge on any atom is 0.168 e. The third kappa shape index (κ3) is 0.658. The van der Waals surface area contributed by atoms with Crippen molar-refractivity contribution in [2.75, 3.05) is 0 Å². The second-order valence-corrected chi connectivity index (χ2v) is 1.56. The number of nitriles is 1. The van der Waals surface area contributed by atoms with Gasteiger partial charge in [-0.3, -0.25) is 5.10 Å². The first-order valence-corrected chi connectivity index (χ1v) is 2.32. The minimum absolute atomic E-state index is 0.229. The summed E-state index contributed by atoms with van der Waals surface area (Å²) in [6, 6.07) is 1.85. The second kappa shape index (κ2) is 1.85. The van der Waals surface area contributed by atoms with E-state index < -0.39 is 0 Å². The van der Waals surface area contributed by atoms with Crippen LogP contribution in [0.3, 0.4) is 0 Å². The molecule has 0 fully saturated rings. The van der Waals surface area contributed by atoms with Crippen LogP contribution in [0, 0.1) is 11.3 Å². The zero-order valence-corrected chi connectivity index (χ0v) is 4.61. The van der Waals surface area contributed by atoms with Crippen molar-refractivity contribution in [3.63, 3.8) is 0 Å². The van der Waals surface area contributed by atoms with Gasteiger partial charge in [0.2, 0.25) is 0 Å². The lowest BCUT2D eigenvalue weighted by molar-refractivity contribution is 1.09. The minimum Gasteiger partial charge on any atom is -0.283 e. The zero-order chi connectivity index (χ0) is 5.98. The number of hydrogen-bond donors (Lipinski definition) is 1. The van der Waals surface area contributed by atoms with Gasteiger partial charge in [-0.25, -0.2) is 0 Å². The maximum atomic E-state index is 8.21. The number of nitrogens with one attached hydrogen (secondary N) is 1. The van der Waals surface area contributed by atoms with Crippen LogP contribution in [0.5, 0.6) is 0 Å². The number of aromatic amines is 1. The highest BCUT2D eigenvalue weighted by molar-refractivity contribution is 6.30. The average Bonchev–Trinajstić information content (AvgIpc) is 2.14. The smallest absolute Gasteiger partial charge is 0.168 e. The van der Waals surface area contributed by atoms with Crippen molar-refractivity contribution in [2.45, 2.75) is 0 Å². The first-order chi connectivity index (χ1) is 3.84. The fraction of sp³-hybridized carbons (Fsp3) is 0. The summed E-state index contributed by atoms with van der Waals surface area (Å²) >= 11 is 5.38. The van der Waals surface area contributed by atoms with Gasteiger partial charge in [0.1, 0.15) is 11.6 Å². The third-order valence-corrected chi connectivity index (χ3v) is 1.00. The number of aromatic nitrogens is 2. The monoisotopic (exact) mass is 127 g/mol. The Labute approximate surface area is 50.9 Å². The molecule has 0 aromatic carbocycles. The number of hydrogen-bond acceptors (Lipinski definition) is 2. The number of H-pyrrole nitrogens is 1. The fourth-order valence-electron chi connectivity index (χ4n) is 0.352. The van der Waals surface area contributed by atoms with E-state index in [0.29, 0.717) is 5.56 Å². The Morgan fingerprint density at radius 1 is 1.88 bits per heavy atom. The van der Waals surface area contributed by atoms with Crippen molar-refractivity contribution in [2.24, 2.45) is 0 Å². The summed E-state index contributed by atoms with van der Waals surface area (Å²) in [4.78, 5) is 0. The van der Waals surface area contributed by atoms with Gasteiger partial charge in [-0.2, -0.15) is 10.4 Å². The summed E-state index contributed by atoms with van der Waals surface area (Å²) in [6.07, 6.45) is 1.45. The van der Waals surface area contributed by atoms with Crippen LogP contribution in [0.1, 0.15) is 5.56 Å². The van der Waals surface area contributed by atoms with E-state index in [9.17, 15) is 0 Å². The van der Waals surface area contributed by atoms with Gasteiger partial charge in [-0.1, -0.05) is 11.6 Å². The molecule has 0 bridgehead atoms. The molecule has 8 heavy (non-hydrogen) atoms. The Bertz CT molecular complexity index is 221. The molecule has 0 amide bonds. The van der Waals surface area contributed by atoms with Gasteiger partial charge >= 0.3 is 0 Å². The maximum absolute atomic E-state index is 8.21. The second-order valence-electron chi connectivity index (χ2n) is 1.20. The van der Waals surface area contributed by atoms with Crippen molar-refractivity contribution in [3.05, 3.63) is 16.9 Å². The van der Waals surface area contributed by atoms with E-state index in [2.05, 4.69) is 10.2 Å². The molecule has 0 aliphatic carbocycles. The number of halogens is 1. The average molecular weight is 128 g/mol. The van der Waals surface area contributed by atoms with Crippen molar-refractivity contribution >= 4 is 11.6 Å². The SMILES string of the molecule is N#Cc1c[nH]nc1Cl. The first kappa shape index (κ1) is 5.13. The molecule has 0 unspecified atom stereocenters. The molecular formula is C4H2ClN3. The molecule has 0 radical (unpaired) electrons. The Kier molecular flexibility index (Phi) is 1.18. The van der Waals surface area contributed by atoms with Gasteiger partial charge in [0.25, 0.3) is 0 Å². The summed E-state index contributed by atoms with van der Waals surface area (Å²) in [5.74, 6) is 0. The van der Waals surface area contributed by atoms with Crippen molar-refractivity contribution < 1.29 is 0 Å². The van der Waals surface area contributed by atoms with Crippen LogP contribution in [-0.4, -0.2) is 10.2 Å². The Morgan fingerprint density at radius 3 is 2.88 bits per heavy atom. The van der Waals surface area contributed by atoms with E-state index in [1.54, 1.807) is 0 Å². The number of nitrogens with zero attached hydrogens (tertiary/aromatic N) is 2. The molecule has 0 atom stereocenters. The van der Waals surface area contributed by atoms with E-state index in [0.717, 1.165) is 0 Å². The lowest BCUT2D eigenvalue weighted by atomic mass is 10.4. The molecule has 0 aliphatic heterocycles. The van der Waals surface area contributed by atoms with Gasteiger partial charge in [0.15, 0.2) is 5.15 Å². The topological polar surface area (TPSA) is 52.5 Å². The molecule has 1 aromatic heterocycles.